The van der Waals surface area contributed by atoms with Crippen LogP contribution < -0.4 is 14.4 Å². The first-order valence-corrected chi connectivity index (χ1v) is 13.0. The van der Waals surface area contributed by atoms with Crippen molar-refractivity contribution in [3.8, 4) is 11.5 Å². The van der Waals surface area contributed by atoms with Crippen LogP contribution in [0.2, 0.25) is 0 Å². The fourth-order valence-electron chi connectivity index (χ4n) is 3.98. The highest BCUT2D eigenvalue weighted by atomic mass is 79.9. The largest absolute Gasteiger partial charge is 0.493 e. The highest BCUT2D eigenvalue weighted by Gasteiger charge is 2.36. The number of benzene rings is 3. The lowest BCUT2D eigenvalue weighted by Crippen LogP contribution is -2.29. The molecule has 4 rings (SSSR count). The summed E-state index contributed by atoms with van der Waals surface area (Å²) in [5.41, 5.74) is 4.78. The smallest absolute Gasteiger partial charge is 0.271 e. The molecule has 0 radical (unpaired) electrons. The summed E-state index contributed by atoms with van der Waals surface area (Å²) >= 11 is 4.92. The maximum Gasteiger partial charge on any atom is 0.271 e. The van der Waals surface area contributed by atoms with Crippen molar-refractivity contribution >= 4 is 56.2 Å². The number of halogens is 1. The molecule has 0 saturated carbocycles. The van der Waals surface area contributed by atoms with Crippen LogP contribution in [-0.2, 0) is 17.6 Å². The molecule has 5 nitrogen and oxygen atoms in total. The number of thioether (sulfide) groups is 1. The Morgan fingerprint density at radius 1 is 0.971 bits per heavy atom. The van der Waals surface area contributed by atoms with Crippen molar-refractivity contribution < 1.29 is 14.3 Å². The number of nitrogens with zero attached hydrogens (tertiary/aromatic N) is 2. The predicted octanol–water partition coefficient (Wildman–Crippen LogP) is 7.40. The van der Waals surface area contributed by atoms with Gasteiger partial charge in [0.2, 0.25) is 0 Å². The molecular formula is C28H27BrN2O3S. The predicted molar refractivity (Wildman–Crippen MR) is 149 cm³/mol. The van der Waals surface area contributed by atoms with Crippen LogP contribution in [0.4, 0.5) is 11.4 Å². The van der Waals surface area contributed by atoms with Crippen molar-refractivity contribution in [2.24, 2.45) is 4.99 Å². The molecule has 1 aliphatic rings. The van der Waals surface area contributed by atoms with Gasteiger partial charge in [-0.2, -0.15) is 0 Å². The van der Waals surface area contributed by atoms with Crippen molar-refractivity contribution in [3.05, 3.63) is 86.7 Å². The van der Waals surface area contributed by atoms with E-state index in [1.54, 1.807) is 19.1 Å². The van der Waals surface area contributed by atoms with Crippen molar-refractivity contribution in [2.75, 3.05) is 19.1 Å². The van der Waals surface area contributed by atoms with Gasteiger partial charge in [0.1, 0.15) is 0 Å². The zero-order chi connectivity index (χ0) is 24.9. The number of aliphatic imine (C=N–C) groups is 1. The van der Waals surface area contributed by atoms with E-state index < -0.39 is 0 Å². The van der Waals surface area contributed by atoms with Crippen LogP contribution >= 0.6 is 27.7 Å². The first kappa shape index (κ1) is 25.1. The minimum atomic E-state index is -0.102. The van der Waals surface area contributed by atoms with E-state index in [1.807, 2.05) is 54.6 Å². The number of carbonyl (C=O) groups is 1. The molecule has 1 saturated heterocycles. The Balaban J connectivity index is 1.84. The van der Waals surface area contributed by atoms with Gasteiger partial charge in [-0.1, -0.05) is 50.2 Å². The maximum absolute atomic E-state index is 13.8. The standard InChI is InChI=1S/C28H27BrN2O3S/c1-5-19-11-7-9-13-22(19)30-28-31(23-14-10-8-12-20(23)6-2)27(32)25(35-28)17-18-15-21(29)26(34-4)24(16-18)33-3/h7-17H,5-6H2,1-4H3. The third-order valence-corrected chi connectivity index (χ3v) is 7.32. The van der Waals surface area contributed by atoms with E-state index in [0.717, 1.165) is 45.4 Å². The summed E-state index contributed by atoms with van der Waals surface area (Å²) < 4.78 is 11.7. The number of anilines is 1. The average molecular weight is 552 g/mol. The van der Waals surface area contributed by atoms with Crippen LogP contribution in [0.3, 0.4) is 0 Å². The normalized spacial score (nSPS) is 15.8. The van der Waals surface area contributed by atoms with Crippen LogP contribution in [0.5, 0.6) is 11.5 Å². The van der Waals surface area contributed by atoms with E-state index in [9.17, 15) is 4.79 Å². The lowest BCUT2D eigenvalue weighted by molar-refractivity contribution is -0.113. The Kier molecular flexibility index (Phi) is 7.98. The van der Waals surface area contributed by atoms with Crippen molar-refractivity contribution in [1.82, 2.24) is 0 Å². The number of para-hydroxylation sites is 2. The molecule has 0 aromatic heterocycles. The molecule has 1 fully saturated rings. The Hall–Kier alpha value is -3.03. The zero-order valence-corrected chi connectivity index (χ0v) is 22.6. The summed E-state index contributed by atoms with van der Waals surface area (Å²) in [4.78, 5) is 21.1. The number of carbonyl (C=O) groups excluding carboxylic acids is 1. The van der Waals surface area contributed by atoms with Crippen molar-refractivity contribution in [3.63, 3.8) is 0 Å². The minimum absolute atomic E-state index is 0.102. The molecular weight excluding hydrogens is 524 g/mol. The summed E-state index contributed by atoms with van der Waals surface area (Å²) in [7, 11) is 3.19. The third kappa shape index (κ3) is 5.16. The van der Waals surface area contributed by atoms with Crippen molar-refractivity contribution in [1.29, 1.82) is 0 Å². The number of methoxy groups -OCH3 is 2. The van der Waals surface area contributed by atoms with Crippen LogP contribution in [0.15, 0.2) is 75.0 Å². The molecule has 3 aromatic rings. The van der Waals surface area contributed by atoms with Gasteiger partial charge in [-0.05, 0) is 87.6 Å². The topological polar surface area (TPSA) is 51.1 Å². The molecule has 0 aliphatic carbocycles. The van der Waals surface area contributed by atoms with Crippen LogP contribution in [0.25, 0.3) is 6.08 Å². The third-order valence-electron chi connectivity index (χ3n) is 5.76. The second kappa shape index (κ2) is 11.1. The van der Waals surface area contributed by atoms with E-state index in [0.29, 0.717) is 21.6 Å². The van der Waals surface area contributed by atoms with Crippen molar-refractivity contribution in [2.45, 2.75) is 26.7 Å². The van der Waals surface area contributed by atoms with Crippen LogP contribution in [0, 0.1) is 0 Å². The molecule has 7 heteroatoms. The highest BCUT2D eigenvalue weighted by Crippen LogP contribution is 2.41. The Labute approximate surface area is 219 Å². The number of hydrogen-bond donors (Lipinski definition) is 0. The summed E-state index contributed by atoms with van der Waals surface area (Å²) in [5.74, 6) is 1.09. The van der Waals surface area contributed by atoms with E-state index >= 15 is 0 Å². The minimum Gasteiger partial charge on any atom is -0.493 e. The molecule has 1 aliphatic heterocycles. The van der Waals surface area contributed by atoms with Gasteiger partial charge >= 0.3 is 0 Å². The molecule has 0 N–H and O–H groups in total. The summed E-state index contributed by atoms with van der Waals surface area (Å²) in [6, 6.07) is 19.8. The van der Waals surface area contributed by atoms with Crippen LogP contribution in [-0.4, -0.2) is 25.3 Å². The number of hydrogen-bond acceptors (Lipinski definition) is 5. The lowest BCUT2D eigenvalue weighted by atomic mass is 10.1. The van der Waals surface area contributed by atoms with Crippen LogP contribution in [0.1, 0.15) is 30.5 Å². The molecule has 1 amide bonds. The Morgan fingerprint density at radius 3 is 2.34 bits per heavy atom. The first-order valence-electron chi connectivity index (χ1n) is 11.4. The molecule has 180 valence electrons. The number of rotatable bonds is 7. The lowest BCUT2D eigenvalue weighted by Gasteiger charge is -2.19. The fraction of sp³-hybridized carbons (Fsp3) is 0.214. The molecule has 0 bridgehead atoms. The van der Waals surface area contributed by atoms with Gasteiger partial charge in [0, 0.05) is 0 Å². The second-order valence-corrected chi connectivity index (χ2v) is 9.71. The Morgan fingerprint density at radius 2 is 1.66 bits per heavy atom. The SMILES string of the molecule is CCc1ccccc1N=C1SC(=Cc2cc(Br)c(OC)c(OC)c2)C(=O)N1c1ccccc1CC. The van der Waals surface area contributed by atoms with E-state index in [2.05, 4.69) is 41.9 Å². The zero-order valence-electron chi connectivity index (χ0n) is 20.2. The summed E-state index contributed by atoms with van der Waals surface area (Å²) in [5, 5.41) is 0.641. The molecule has 0 unspecified atom stereocenters. The summed E-state index contributed by atoms with van der Waals surface area (Å²) in [6.07, 6.45) is 3.54. The van der Waals surface area contributed by atoms with Gasteiger partial charge in [0.05, 0.1) is 35.0 Å². The van der Waals surface area contributed by atoms with E-state index in [1.165, 1.54) is 11.8 Å². The molecule has 0 spiro atoms. The number of ether oxygens (including phenoxy) is 2. The second-order valence-electron chi connectivity index (χ2n) is 7.85. The monoisotopic (exact) mass is 550 g/mol. The molecule has 0 atom stereocenters. The highest BCUT2D eigenvalue weighted by molar-refractivity contribution is 9.10. The summed E-state index contributed by atoms with van der Waals surface area (Å²) in [6.45, 7) is 4.20. The van der Waals surface area contributed by atoms with Gasteiger partial charge in [-0.3, -0.25) is 9.69 Å². The van der Waals surface area contributed by atoms with Gasteiger partial charge < -0.3 is 9.47 Å². The number of amides is 1. The maximum atomic E-state index is 13.8. The number of aryl methyl sites for hydroxylation is 2. The van der Waals surface area contributed by atoms with Gasteiger partial charge in [0.15, 0.2) is 16.7 Å². The Bertz CT molecular complexity index is 1320. The molecule has 35 heavy (non-hydrogen) atoms. The first-order chi connectivity index (χ1) is 17.0. The van der Waals surface area contributed by atoms with E-state index in [-0.39, 0.29) is 5.91 Å². The molecule has 3 aromatic carbocycles. The number of amidine groups is 1. The average Bonchev–Trinajstić information content (AvgIpc) is 3.17. The van der Waals surface area contributed by atoms with Gasteiger partial charge in [-0.15, -0.1) is 0 Å². The fourth-order valence-corrected chi connectivity index (χ4v) is 5.59. The molecule has 1 heterocycles. The van der Waals surface area contributed by atoms with E-state index in [4.69, 9.17) is 14.5 Å². The van der Waals surface area contributed by atoms with Gasteiger partial charge in [0.25, 0.3) is 5.91 Å². The van der Waals surface area contributed by atoms with Gasteiger partial charge in [-0.25, -0.2) is 4.99 Å². The quantitative estimate of drug-likeness (QED) is 0.287.